The van der Waals surface area contributed by atoms with Crippen LogP contribution in [0.2, 0.25) is 0 Å². The van der Waals surface area contributed by atoms with Crippen LogP contribution in [0.3, 0.4) is 0 Å². The molecule has 6 atom stereocenters. The smallest absolute Gasteiger partial charge is 0.201 e. The molecule has 436 valence electrons. The topological polar surface area (TPSA) is 15.5 Å². The maximum atomic E-state index is 8.50. The molecule has 0 amide bonds. The van der Waals surface area contributed by atoms with E-state index in [4.69, 9.17) is 56.2 Å². The Labute approximate surface area is 558 Å². The molecule has 4 heteroatoms. The lowest BCUT2D eigenvalue weighted by Crippen LogP contribution is -2.32. The van der Waals surface area contributed by atoms with Crippen LogP contribution in [0.25, 0.3) is 45.0 Å². The molecule has 4 aromatic carbocycles. The highest BCUT2D eigenvalue weighted by Crippen LogP contribution is 2.31. The van der Waals surface area contributed by atoms with Crippen molar-refractivity contribution in [3.05, 3.63) is 211 Å². The molecule has 6 unspecified atom stereocenters. The van der Waals surface area contributed by atoms with E-state index in [0.717, 1.165) is 23.7 Å². The Kier molecular flexibility index (Phi) is 10.2. The van der Waals surface area contributed by atoms with E-state index < -0.39 is 117 Å². The fraction of sp³-hybridized carbons (Fsp3) is 0.436. The molecule has 0 aliphatic heterocycles. The number of benzene rings is 4. The van der Waals surface area contributed by atoms with Crippen molar-refractivity contribution in [1.82, 2.24) is 0 Å². The number of rotatable bonds is 12. The van der Waals surface area contributed by atoms with Gasteiger partial charge in [0.25, 0.3) is 0 Å². The van der Waals surface area contributed by atoms with Crippen LogP contribution in [-0.2, 0) is 41.0 Å². The highest BCUT2D eigenvalue weighted by atomic mass is 14.9. The summed E-state index contributed by atoms with van der Waals surface area (Å²) in [5, 5.41) is 0. The van der Waals surface area contributed by atoms with Gasteiger partial charge in [0, 0.05) is 125 Å². The van der Waals surface area contributed by atoms with E-state index in [1.807, 2.05) is 0 Å². The Hall–Kier alpha value is -6.52. The van der Waals surface area contributed by atoms with Crippen LogP contribution >= 0.6 is 0 Å². The molecule has 0 aliphatic rings. The molecule has 82 heavy (non-hydrogen) atoms. The third kappa shape index (κ3) is 16.8. The Morgan fingerprint density at radius 1 is 0.378 bits per heavy atom. The number of hydrogen-bond donors (Lipinski definition) is 0. The molecule has 4 heterocycles. The fourth-order valence-electron chi connectivity index (χ4n) is 9.59. The zero-order chi connectivity index (χ0) is 96.0. The number of pyridine rings is 4. The monoisotopic (exact) mass is 1140 g/mol. The zero-order valence-corrected chi connectivity index (χ0v) is 50.0. The second-order valence-electron chi connectivity index (χ2n) is 20.9. The molecule has 0 spiro atoms. The molecule has 4 nitrogen and oxygen atoms in total. The van der Waals surface area contributed by atoms with E-state index in [1.54, 1.807) is 142 Å². The summed E-state index contributed by atoms with van der Waals surface area (Å²) in [6.45, 7) is -12.2. The third-order valence-corrected chi connectivity index (χ3v) is 14.0. The number of hydrogen-bond acceptors (Lipinski definition) is 0. The Balaban J connectivity index is 0.000000292. The van der Waals surface area contributed by atoms with Gasteiger partial charge in [0.1, 0.15) is 28.2 Å². The zero-order valence-electron chi connectivity index (χ0n) is 91.0. The lowest BCUT2D eigenvalue weighted by Gasteiger charge is -2.13. The van der Waals surface area contributed by atoms with Crippen LogP contribution in [-0.4, -0.2) is 0 Å². The number of nitrogens with zero attached hydrogens (tertiary/aromatic N) is 4. The Morgan fingerprint density at radius 2 is 0.780 bits per heavy atom. The molecule has 0 fully saturated rings. The quantitative estimate of drug-likeness (QED) is 0.108. The van der Waals surface area contributed by atoms with Crippen molar-refractivity contribution in [3.8, 4) is 45.0 Å². The molecule has 0 aliphatic carbocycles. The summed E-state index contributed by atoms with van der Waals surface area (Å²) in [5.74, 6) is -12.4. The normalized spacial score (nSPS) is 24.8. The maximum Gasteiger partial charge on any atom is 0.212 e. The second-order valence-corrected chi connectivity index (χ2v) is 20.9. The van der Waals surface area contributed by atoms with E-state index in [1.165, 1.54) is 95.7 Å². The van der Waals surface area contributed by atoms with Gasteiger partial charge in [0.05, 0.1) is 0 Å². The summed E-state index contributed by atoms with van der Waals surface area (Å²) in [6.07, 6.45) is 3.13. The molecule has 8 rings (SSSR count). The van der Waals surface area contributed by atoms with Crippen LogP contribution in [0.15, 0.2) is 122 Å². The summed E-state index contributed by atoms with van der Waals surface area (Å²) < 4.78 is 327. The van der Waals surface area contributed by atoms with Crippen LogP contribution in [0, 0.1) is 67.9 Å². The van der Waals surface area contributed by atoms with Crippen molar-refractivity contribution in [2.45, 2.75) is 194 Å². The summed E-state index contributed by atoms with van der Waals surface area (Å²) in [7, 11) is 6.65. The summed E-state index contributed by atoms with van der Waals surface area (Å²) in [6, 6.07) is 25.3. The van der Waals surface area contributed by atoms with Gasteiger partial charge in [-0.15, -0.1) is 0 Å². The standard InChI is InChI=1S/C21H30N.C20H28N.C19H26N.C18H24N/c1-14(2)10-18-8-9-19(16(5)11-18)21-12-17(6)20(15(3)4)13-22(21)7;1-13(2)17-8-9-18(15(5)10-17)20-11-19(14(3)4)16(6)12-21(20)7;1-7-16-8-9-17(14(4)10-16)19-11-18(13(2)3)15(5)12-20(19)6;1-12(2)17-10-18(19(6)11-15(17)5)16-8-7-13(3)9-14(16)4/h8-9,11-15H,10H2,1-7H3;8-14H,1-7H3;8-13H,7H2,1-6H3;7-12H,1-6H3/q4*+1/i1D3,3D3,10D2,14D,15D;1D3,3D3,6D3,13D,14D;1D3,2D3,5D3,13D;1D3,3D3,5D3,12D. The fourth-order valence-corrected chi connectivity index (χ4v) is 9.59. The van der Waals surface area contributed by atoms with Crippen LogP contribution in [0.4, 0.5) is 0 Å². The van der Waals surface area contributed by atoms with Crippen LogP contribution < -0.4 is 18.3 Å². The minimum atomic E-state index is -2.81. The highest BCUT2D eigenvalue weighted by Gasteiger charge is 2.22. The molecule has 8 aromatic rings. The SMILES string of the molecule is [2H]C([2H])([2H])C([2H])(C)c1c[n+](C)c(-c2ccc(C([2H])([2H])C([2H])(C)C([2H])([2H])[2H])cc2C)cc1C.[2H]C([2H])([2H])Cc1ccc(-c2cc(C([2H])(C)C([2H])([2H])[2H])c(C([2H])([2H])[2H])c[n+]2C)c(C)c1.[2H]C([2H])([2H])c1c[n+](C)c(-c2ccc(C([2H])(C)C([2H])([2H])[2H])cc2C)cc1C([2H])(C)C([2H])([2H])[2H].[2H]C([2H])([2H])c1ccc(-c2cc(C([2H])(C)C([2H])([2H])[2H])c(C([2H])([2H])[2H])c[n+]2C)c(C)c1. The number of aryl methyl sites for hydroxylation is 14. The van der Waals surface area contributed by atoms with Crippen molar-refractivity contribution in [2.24, 2.45) is 34.1 Å². The van der Waals surface area contributed by atoms with Gasteiger partial charge >= 0.3 is 0 Å². The Morgan fingerprint density at radius 3 is 1.20 bits per heavy atom. The molecular weight excluding hydrogens is 993 g/mol. The lowest BCUT2D eigenvalue weighted by atomic mass is 9.93. The van der Waals surface area contributed by atoms with Crippen LogP contribution in [0.1, 0.15) is 264 Å². The first kappa shape index (κ1) is 28.8. The summed E-state index contributed by atoms with van der Waals surface area (Å²) in [4.78, 5) is 0. The maximum absolute atomic E-state index is 8.50. The molecule has 0 bridgehead atoms. The second kappa shape index (κ2) is 29.1. The number of aromatic nitrogens is 4. The lowest BCUT2D eigenvalue weighted by molar-refractivity contribution is -0.661. The summed E-state index contributed by atoms with van der Waals surface area (Å²) >= 11 is 0. The van der Waals surface area contributed by atoms with Gasteiger partial charge in [-0.1, -0.05) is 144 Å². The van der Waals surface area contributed by atoms with Crippen LogP contribution in [0.5, 0.6) is 0 Å². The van der Waals surface area contributed by atoms with E-state index in [0.29, 0.717) is 72.7 Å². The van der Waals surface area contributed by atoms with E-state index >= 15 is 0 Å². The predicted molar refractivity (Wildman–Crippen MR) is 353 cm³/mol. The third-order valence-electron chi connectivity index (χ3n) is 14.0. The Bertz CT molecular complexity index is 5160. The van der Waals surface area contributed by atoms with E-state index in [-0.39, 0.29) is 50.9 Å². The van der Waals surface area contributed by atoms with Gasteiger partial charge in [-0.3, -0.25) is 0 Å². The average molecular weight is 1140 g/mol. The van der Waals surface area contributed by atoms with Gasteiger partial charge in [-0.25, -0.2) is 18.3 Å². The van der Waals surface area contributed by atoms with Gasteiger partial charge in [-0.2, -0.15) is 0 Å². The van der Waals surface area contributed by atoms with Crippen molar-refractivity contribution in [3.63, 3.8) is 0 Å². The van der Waals surface area contributed by atoms with Crippen molar-refractivity contribution >= 4 is 0 Å². The summed E-state index contributed by atoms with van der Waals surface area (Å²) in [5.41, 5.74) is 8.99. The molecule has 0 N–H and O–H groups in total. The first-order valence-corrected chi connectivity index (χ1v) is 26.6. The van der Waals surface area contributed by atoms with Gasteiger partial charge in [0.15, 0.2) is 24.8 Å². The first-order valence-electron chi connectivity index (χ1n) is 47.1. The van der Waals surface area contributed by atoms with Crippen molar-refractivity contribution in [2.75, 3.05) is 0 Å². The van der Waals surface area contributed by atoms with Gasteiger partial charge in [-0.05, 0) is 196 Å². The minimum Gasteiger partial charge on any atom is -0.201 e. The first-order chi connectivity index (χ1) is 54.5. The average Bonchev–Trinajstić information content (AvgIpc) is 0.758. The molecule has 4 aromatic heterocycles. The highest BCUT2D eigenvalue weighted by molar-refractivity contribution is 5.66. The predicted octanol–water partition coefficient (Wildman–Crippen LogP) is 18.9. The van der Waals surface area contributed by atoms with Crippen molar-refractivity contribution in [1.29, 1.82) is 0 Å². The van der Waals surface area contributed by atoms with Gasteiger partial charge in [0.2, 0.25) is 22.8 Å². The largest absolute Gasteiger partial charge is 0.212 e. The van der Waals surface area contributed by atoms with E-state index in [9.17, 15) is 0 Å². The molecule has 0 saturated heterocycles. The minimum absolute atomic E-state index is 0.0761. The van der Waals surface area contributed by atoms with Crippen molar-refractivity contribution < 1.29 is 74.5 Å². The molecular formula is C78H108N4+4. The van der Waals surface area contributed by atoms with Gasteiger partial charge < -0.3 is 0 Å². The van der Waals surface area contributed by atoms with E-state index in [2.05, 4.69) is 0 Å². The molecule has 0 radical (unpaired) electrons. The molecule has 0 saturated carbocycles.